The number of hydrogen-bond donors (Lipinski definition) is 2. The van der Waals surface area contributed by atoms with Gasteiger partial charge in [-0.2, -0.15) is 0 Å². The molecular formula is C11H21NO2. The summed E-state index contributed by atoms with van der Waals surface area (Å²) in [4.78, 5) is 10.9. The maximum absolute atomic E-state index is 10.9. The number of carboxylic acid groups (broad SMARTS) is 1. The summed E-state index contributed by atoms with van der Waals surface area (Å²) in [6, 6.07) is -0.346. The van der Waals surface area contributed by atoms with Crippen molar-refractivity contribution in [1.82, 2.24) is 5.32 Å². The summed E-state index contributed by atoms with van der Waals surface area (Å²) in [6.07, 6.45) is 3.22. The number of carboxylic acids is 1. The summed E-state index contributed by atoms with van der Waals surface area (Å²) < 4.78 is 0. The predicted octanol–water partition coefficient (Wildman–Crippen LogP) is 1.88. The summed E-state index contributed by atoms with van der Waals surface area (Å²) in [6.45, 7) is 7.08. The van der Waals surface area contributed by atoms with Gasteiger partial charge < -0.3 is 10.4 Å². The molecule has 1 rings (SSSR count). The minimum Gasteiger partial charge on any atom is -0.480 e. The van der Waals surface area contributed by atoms with E-state index in [4.69, 9.17) is 5.11 Å². The molecule has 1 aliphatic rings. The fraction of sp³-hybridized carbons (Fsp3) is 0.909. The van der Waals surface area contributed by atoms with Crippen LogP contribution < -0.4 is 5.32 Å². The van der Waals surface area contributed by atoms with Crippen LogP contribution in [0.5, 0.6) is 0 Å². The van der Waals surface area contributed by atoms with Gasteiger partial charge in [-0.1, -0.05) is 33.6 Å². The van der Waals surface area contributed by atoms with E-state index in [1.165, 1.54) is 12.8 Å². The van der Waals surface area contributed by atoms with Crippen LogP contribution in [0.2, 0.25) is 0 Å². The molecule has 14 heavy (non-hydrogen) atoms. The molecule has 3 heteroatoms. The average molecular weight is 199 g/mol. The van der Waals surface area contributed by atoms with Gasteiger partial charge >= 0.3 is 5.97 Å². The lowest BCUT2D eigenvalue weighted by Gasteiger charge is -2.22. The van der Waals surface area contributed by atoms with E-state index in [0.29, 0.717) is 5.92 Å². The fourth-order valence-electron chi connectivity index (χ4n) is 1.39. The van der Waals surface area contributed by atoms with Crippen LogP contribution in [0.3, 0.4) is 0 Å². The van der Waals surface area contributed by atoms with E-state index in [-0.39, 0.29) is 11.5 Å². The molecule has 82 valence electrons. The normalized spacial score (nSPS) is 19.4. The van der Waals surface area contributed by atoms with Crippen molar-refractivity contribution in [2.75, 3.05) is 6.54 Å². The maximum Gasteiger partial charge on any atom is 0.320 e. The molecule has 0 saturated heterocycles. The molecule has 0 amide bonds. The molecule has 3 nitrogen and oxygen atoms in total. The summed E-state index contributed by atoms with van der Waals surface area (Å²) in [5.41, 5.74) is 0.150. The van der Waals surface area contributed by atoms with Crippen molar-refractivity contribution >= 4 is 5.97 Å². The minimum atomic E-state index is -0.707. The van der Waals surface area contributed by atoms with Crippen molar-refractivity contribution < 1.29 is 9.90 Å². The topological polar surface area (TPSA) is 49.3 Å². The molecule has 1 aliphatic carbocycles. The third-order valence-corrected chi connectivity index (χ3v) is 2.44. The first-order valence-electron chi connectivity index (χ1n) is 5.35. The molecule has 0 aromatic heterocycles. The third-order valence-electron chi connectivity index (χ3n) is 2.44. The Kier molecular flexibility index (Phi) is 3.53. The molecular weight excluding hydrogens is 178 g/mol. The number of hydrogen-bond acceptors (Lipinski definition) is 2. The molecule has 1 saturated carbocycles. The van der Waals surface area contributed by atoms with Crippen LogP contribution in [0.15, 0.2) is 0 Å². The van der Waals surface area contributed by atoms with Crippen molar-refractivity contribution in [2.24, 2.45) is 11.3 Å². The second kappa shape index (κ2) is 4.30. The van der Waals surface area contributed by atoms with E-state index >= 15 is 0 Å². The van der Waals surface area contributed by atoms with E-state index in [1.807, 2.05) is 0 Å². The van der Waals surface area contributed by atoms with Crippen LogP contribution >= 0.6 is 0 Å². The molecule has 1 atom stereocenters. The molecule has 0 aliphatic heterocycles. The van der Waals surface area contributed by atoms with Crippen LogP contribution in [0, 0.1) is 11.3 Å². The van der Waals surface area contributed by atoms with Crippen LogP contribution in [0.25, 0.3) is 0 Å². The van der Waals surface area contributed by atoms with E-state index in [9.17, 15) is 4.79 Å². The lowest BCUT2D eigenvalue weighted by atomic mass is 9.96. The lowest BCUT2D eigenvalue weighted by Crippen LogP contribution is -2.41. The molecule has 0 spiro atoms. The zero-order valence-electron chi connectivity index (χ0n) is 9.34. The SMILES string of the molecule is CC(C)(C)CNC(CC1CC1)C(=O)O. The van der Waals surface area contributed by atoms with Crippen LogP contribution in [-0.4, -0.2) is 23.7 Å². The maximum atomic E-state index is 10.9. The zero-order chi connectivity index (χ0) is 10.8. The van der Waals surface area contributed by atoms with E-state index in [2.05, 4.69) is 26.1 Å². The fourth-order valence-corrected chi connectivity index (χ4v) is 1.39. The smallest absolute Gasteiger partial charge is 0.320 e. The van der Waals surface area contributed by atoms with Crippen molar-refractivity contribution in [1.29, 1.82) is 0 Å². The predicted molar refractivity (Wildman–Crippen MR) is 56.2 cm³/mol. The highest BCUT2D eigenvalue weighted by atomic mass is 16.4. The molecule has 0 aromatic rings. The van der Waals surface area contributed by atoms with Gasteiger partial charge in [-0.15, -0.1) is 0 Å². The van der Waals surface area contributed by atoms with Crippen LogP contribution in [-0.2, 0) is 4.79 Å². The van der Waals surface area contributed by atoms with Crippen LogP contribution in [0.4, 0.5) is 0 Å². The molecule has 1 fully saturated rings. The standard InChI is InChI=1S/C11H21NO2/c1-11(2,3)7-12-9(10(13)14)6-8-4-5-8/h8-9,12H,4-7H2,1-3H3,(H,13,14). The molecule has 0 heterocycles. The Morgan fingerprint density at radius 3 is 2.43 bits per heavy atom. The number of aliphatic carboxylic acids is 1. The van der Waals surface area contributed by atoms with E-state index < -0.39 is 5.97 Å². The first-order valence-corrected chi connectivity index (χ1v) is 5.35. The minimum absolute atomic E-state index is 0.150. The Morgan fingerprint density at radius 1 is 1.50 bits per heavy atom. The van der Waals surface area contributed by atoms with Gasteiger partial charge in [0.15, 0.2) is 0 Å². The van der Waals surface area contributed by atoms with Gasteiger partial charge in [0.25, 0.3) is 0 Å². The Labute approximate surface area is 85.9 Å². The number of carbonyl (C=O) groups is 1. The molecule has 0 bridgehead atoms. The van der Waals surface area contributed by atoms with Crippen LogP contribution in [0.1, 0.15) is 40.0 Å². The van der Waals surface area contributed by atoms with Gasteiger partial charge in [0, 0.05) is 6.54 Å². The third kappa shape index (κ3) is 4.61. The summed E-state index contributed by atoms with van der Waals surface area (Å²) in [5, 5.41) is 12.1. The zero-order valence-corrected chi connectivity index (χ0v) is 9.34. The summed E-state index contributed by atoms with van der Waals surface area (Å²) >= 11 is 0. The average Bonchev–Trinajstić information content (AvgIpc) is 2.78. The monoisotopic (exact) mass is 199 g/mol. The second-order valence-corrected chi connectivity index (χ2v) is 5.51. The highest BCUT2D eigenvalue weighted by molar-refractivity contribution is 5.73. The summed E-state index contributed by atoms with van der Waals surface area (Å²) in [5.74, 6) is -0.0512. The van der Waals surface area contributed by atoms with Crippen molar-refractivity contribution in [3.63, 3.8) is 0 Å². The molecule has 0 radical (unpaired) electrons. The molecule has 0 aromatic carbocycles. The van der Waals surface area contributed by atoms with Crippen molar-refractivity contribution in [3.05, 3.63) is 0 Å². The quantitative estimate of drug-likeness (QED) is 0.710. The highest BCUT2D eigenvalue weighted by Crippen LogP contribution is 2.33. The lowest BCUT2D eigenvalue weighted by molar-refractivity contribution is -0.139. The Bertz CT molecular complexity index is 204. The summed E-state index contributed by atoms with van der Waals surface area (Å²) in [7, 11) is 0. The Hall–Kier alpha value is -0.570. The Morgan fingerprint density at radius 2 is 2.07 bits per heavy atom. The Balaban J connectivity index is 2.31. The van der Waals surface area contributed by atoms with Gasteiger partial charge in [-0.25, -0.2) is 0 Å². The van der Waals surface area contributed by atoms with Gasteiger partial charge in [0.1, 0.15) is 6.04 Å². The number of nitrogens with one attached hydrogen (secondary N) is 1. The first kappa shape index (κ1) is 11.5. The van der Waals surface area contributed by atoms with Gasteiger partial charge in [-0.3, -0.25) is 4.79 Å². The largest absolute Gasteiger partial charge is 0.480 e. The molecule has 2 N–H and O–H groups in total. The number of rotatable bonds is 5. The van der Waals surface area contributed by atoms with E-state index in [1.54, 1.807) is 0 Å². The van der Waals surface area contributed by atoms with Gasteiger partial charge in [-0.05, 0) is 17.8 Å². The first-order chi connectivity index (χ1) is 6.38. The molecule has 1 unspecified atom stereocenters. The van der Waals surface area contributed by atoms with Gasteiger partial charge in [0.2, 0.25) is 0 Å². The van der Waals surface area contributed by atoms with E-state index in [0.717, 1.165) is 13.0 Å². The highest BCUT2D eigenvalue weighted by Gasteiger charge is 2.29. The second-order valence-electron chi connectivity index (χ2n) is 5.51. The van der Waals surface area contributed by atoms with Crippen molar-refractivity contribution in [2.45, 2.75) is 46.1 Å². The van der Waals surface area contributed by atoms with Gasteiger partial charge in [0.05, 0.1) is 0 Å². The van der Waals surface area contributed by atoms with Crippen molar-refractivity contribution in [3.8, 4) is 0 Å².